The average Bonchev–Trinajstić information content (AvgIpc) is 2.86. The second kappa shape index (κ2) is 8.38. The molecule has 1 atom stereocenters. The molecule has 1 aliphatic rings. The summed E-state index contributed by atoms with van der Waals surface area (Å²) in [6.45, 7) is 5.37. The minimum absolute atomic E-state index is 0.00508. The highest BCUT2D eigenvalue weighted by atomic mass is 16.1. The number of hydrogen-bond acceptors (Lipinski definition) is 5. The number of fused-ring (bicyclic) bond motifs is 1. The maximum atomic E-state index is 13.2. The maximum Gasteiger partial charge on any atom is 0.258 e. The molecule has 0 aliphatic carbocycles. The Hall–Kier alpha value is -3.80. The monoisotopic (exact) mass is 423 g/mol. The Bertz CT molecular complexity index is 1300. The Labute approximate surface area is 187 Å². The van der Waals surface area contributed by atoms with Gasteiger partial charge in [-0.2, -0.15) is 0 Å². The van der Waals surface area contributed by atoms with Gasteiger partial charge in [0.05, 0.1) is 5.69 Å². The number of nitrogens with zero attached hydrogens (tertiary/aromatic N) is 5. The van der Waals surface area contributed by atoms with E-state index >= 15 is 0 Å². The van der Waals surface area contributed by atoms with Gasteiger partial charge < -0.3 is 0 Å². The lowest BCUT2D eigenvalue weighted by Crippen LogP contribution is -2.37. The van der Waals surface area contributed by atoms with Gasteiger partial charge in [-0.1, -0.05) is 67.6 Å². The normalized spacial score (nSPS) is 14.1. The highest BCUT2D eigenvalue weighted by Gasteiger charge is 2.25. The lowest BCUT2D eigenvalue weighted by Gasteiger charge is -2.31. The third-order valence-corrected chi connectivity index (χ3v) is 6.05. The van der Waals surface area contributed by atoms with Gasteiger partial charge in [-0.25, -0.2) is 15.0 Å². The third-order valence-electron chi connectivity index (χ3n) is 6.05. The molecule has 0 fully saturated rings. The van der Waals surface area contributed by atoms with E-state index in [0.29, 0.717) is 18.1 Å². The van der Waals surface area contributed by atoms with Crippen LogP contribution in [0.1, 0.15) is 36.2 Å². The molecule has 0 amide bonds. The molecule has 0 bridgehead atoms. The number of rotatable bonds is 4. The van der Waals surface area contributed by atoms with Crippen LogP contribution < -0.4 is 10.5 Å². The molecule has 2 aromatic carbocycles. The molecular weight excluding hydrogens is 398 g/mol. The standard InChI is InChI=1S/C26H25N5O/c1-18(20-10-5-3-6-11-20)24-27-15-14-22(28-24)30-16-9-17-31-25(32)19(2)23(29-26(30)31)21-12-7-4-8-13-21/h3-8,10-15,18H,9,16-17H2,1-2H3. The summed E-state index contributed by atoms with van der Waals surface area (Å²) in [5.74, 6) is 2.22. The quantitative estimate of drug-likeness (QED) is 0.476. The highest BCUT2D eigenvalue weighted by Crippen LogP contribution is 2.30. The van der Waals surface area contributed by atoms with Gasteiger partial charge in [0.15, 0.2) is 0 Å². The minimum atomic E-state index is 0.00508. The first-order chi connectivity index (χ1) is 15.6. The van der Waals surface area contributed by atoms with Crippen LogP contribution in [0.25, 0.3) is 11.3 Å². The summed E-state index contributed by atoms with van der Waals surface area (Å²) in [4.78, 5) is 29.6. The van der Waals surface area contributed by atoms with Crippen LogP contribution in [0.15, 0.2) is 77.7 Å². The largest absolute Gasteiger partial charge is 0.296 e. The van der Waals surface area contributed by atoms with Crippen molar-refractivity contribution in [2.45, 2.75) is 32.7 Å². The van der Waals surface area contributed by atoms with Crippen LogP contribution in [-0.2, 0) is 6.54 Å². The van der Waals surface area contributed by atoms with E-state index in [9.17, 15) is 4.79 Å². The van der Waals surface area contributed by atoms with E-state index < -0.39 is 0 Å². The van der Waals surface area contributed by atoms with Gasteiger partial charge >= 0.3 is 0 Å². The molecule has 2 aromatic heterocycles. The highest BCUT2D eigenvalue weighted by molar-refractivity contribution is 5.65. The molecule has 0 saturated heterocycles. The molecule has 1 unspecified atom stereocenters. The molecule has 6 heteroatoms. The Balaban J connectivity index is 1.59. The fourth-order valence-corrected chi connectivity index (χ4v) is 4.24. The van der Waals surface area contributed by atoms with Crippen molar-refractivity contribution < 1.29 is 0 Å². The molecule has 5 rings (SSSR count). The molecule has 6 nitrogen and oxygen atoms in total. The average molecular weight is 424 g/mol. The van der Waals surface area contributed by atoms with Crippen LogP contribution in [0, 0.1) is 6.92 Å². The maximum absolute atomic E-state index is 13.2. The molecule has 0 N–H and O–H groups in total. The van der Waals surface area contributed by atoms with Gasteiger partial charge in [0.1, 0.15) is 11.6 Å². The fraction of sp³-hybridized carbons (Fsp3) is 0.231. The summed E-state index contributed by atoms with van der Waals surface area (Å²) in [7, 11) is 0. The molecule has 4 aromatic rings. The fourth-order valence-electron chi connectivity index (χ4n) is 4.24. The van der Waals surface area contributed by atoms with Gasteiger partial charge in [0, 0.05) is 36.3 Å². The second-order valence-corrected chi connectivity index (χ2v) is 8.12. The zero-order chi connectivity index (χ0) is 22.1. The molecule has 0 spiro atoms. The number of aromatic nitrogens is 4. The van der Waals surface area contributed by atoms with Crippen molar-refractivity contribution >= 4 is 11.8 Å². The van der Waals surface area contributed by atoms with Crippen molar-refractivity contribution in [3.8, 4) is 11.3 Å². The van der Waals surface area contributed by atoms with Crippen molar-refractivity contribution in [1.29, 1.82) is 0 Å². The van der Waals surface area contributed by atoms with Crippen molar-refractivity contribution in [3.05, 3.63) is 100 Å². The van der Waals surface area contributed by atoms with Crippen LogP contribution in [0.3, 0.4) is 0 Å². The molecule has 32 heavy (non-hydrogen) atoms. The van der Waals surface area contributed by atoms with Gasteiger partial charge in [0.2, 0.25) is 5.95 Å². The first-order valence-corrected chi connectivity index (χ1v) is 11.0. The van der Waals surface area contributed by atoms with Crippen molar-refractivity contribution in [1.82, 2.24) is 19.5 Å². The van der Waals surface area contributed by atoms with Crippen molar-refractivity contribution in [2.75, 3.05) is 11.4 Å². The summed E-state index contributed by atoms with van der Waals surface area (Å²) < 4.78 is 1.77. The molecule has 0 saturated carbocycles. The smallest absolute Gasteiger partial charge is 0.258 e. The van der Waals surface area contributed by atoms with E-state index in [1.165, 1.54) is 5.56 Å². The van der Waals surface area contributed by atoms with E-state index in [1.807, 2.05) is 66.4 Å². The van der Waals surface area contributed by atoms with E-state index in [0.717, 1.165) is 35.9 Å². The van der Waals surface area contributed by atoms with Crippen LogP contribution >= 0.6 is 0 Å². The first kappa shape index (κ1) is 20.1. The molecular formula is C26H25N5O. The molecule has 160 valence electrons. The zero-order valence-electron chi connectivity index (χ0n) is 18.3. The number of benzene rings is 2. The number of anilines is 2. The first-order valence-electron chi connectivity index (χ1n) is 11.0. The third kappa shape index (κ3) is 3.58. The Morgan fingerprint density at radius 1 is 0.906 bits per heavy atom. The van der Waals surface area contributed by atoms with Crippen LogP contribution in [0.2, 0.25) is 0 Å². The molecule has 1 aliphatic heterocycles. The minimum Gasteiger partial charge on any atom is -0.296 e. The second-order valence-electron chi connectivity index (χ2n) is 8.12. The predicted octanol–water partition coefficient (Wildman–Crippen LogP) is 4.70. The lowest BCUT2D eigenvalue weighted by molar-refractivity contribution is 0.558. The Morgan fingerprint density at radius 3 is 2.38 bits per heavy atom. The summed E-state index contributed by atoms with van der Waals surface area (Å²) in [6, 6.07) is 22.0. The van der Waals surface area contributed by atoms with Gasteiger partial charge in [0.25, 0.3) is 5.56 Å². The van der Waals surface area contributed by atoms with E-state index in [-0.39, 0.29) is 11.5 Å². The van der Waals surface area contributed by atoms with E-state index in [4.69, 9.17) is 9.97 Å². The zero-order valence-corrected chi connectivity index (χ0v) is 18.3. The SMILES string of the molecule is Cc1c(-c2ccccc2)nc2n(c1=O)CCCN2c1ccnc(C(C)c2ccccc2)n1. The summed E-state index contributed by atoms with van der Waals surface area (Å²) in [5.41, 5.74) is 3.51. The number of hydrogen-bond donors (Lipinski definition) is 0. The summed E-state index contributed by atoms with van der Waals surface area (Å²) in [6.07, 6.45) is 2.65. The van der Waals surface area contributed by atoms with Crippen LogP contribution in [-0.4, -0.2) is 26.1 Å². The van der Waals surface area contributed by atoms with Crippen molar-refractivity contribution in [3.63, 3.8) is 0 Å². The van der Waals surface area contributed by atoms with Crippen LogP contribution in [0.4, 0.5) is 11.8 Å². The molecule has 0 radical (unpaired) electrons. The van der Waals surface area contributed by atoms with Crippen molar-refractivity contribution in [2.24, 2.45) is 0 Å². The Morgan fingerprint density at radius 2 is 1.62 bits per heavy atom. The van der Waals surface area contributed by atoms with Gasteiger partial charge in [-0.3, -0.25) is 14.3 Å². The van der Waals surface area contributed by atoms with Crippen LogP contribution in [0.5, 0.6) is 0 Å². The van der Waals surface area contributed by atoms with Gasteiger partial charge in [-0.05, 0) is 25.0 Å². The predicted molar refractivity (Wildman–Crippen MR) is 126 cm³/mol. The lowest BCUT2D eigenvalue weighted by atomic mass is 10.0. The summed E-state index contributed by atoms with van der Waals surface area (Å²) in [5, 5.41) is 0. The molecule has 3 heterocycles. The summed E-state index contributed by atoms with van der Waals surface area (Å²) >= 11 is 0. The van der Waals surface area contributed by atoms with E-state index in [2.05, 4.69) is 24.0 Å². The van der Waals surface area contributed by atoms with Gasteiger partial charge in [-0.15, -0.1) is 0 Å². The van der Waals surface area contributed by atoms with E-state index in [1.54, 1.807) is 10.8 Å². The topological polar surface area (TPSA) is 63.9 Å². The Kier molecular flexibility index (Phi) is 5.27.